The van der Waals surface area contributed by atoms with Gasteiger partial charge < -0.3 is 20.7 Å². The van der Waals surface area contributed by atoms with Gasteiger partial charge in [-0.3, -0.25) is 10.2 Å². The lowest BCUT2D eigenvalue weighted by molar-refractivity contribution is 0.0942. The molecule has 0 radical (unpaired) electrons. The zero-order valence-electron chi connectivity index (χ0n) is 18.5. The first-order valence-electron chi connectivity index (χ1n) is 11.0. The van der Waals surface area contributed by atoms with Gasteiger partial charge in [0, 0.05) is 24.0 Å². The van der Waals surface area contributed by atoms with E-state index in [0.717, 1.165) is 27.4 Å². The van der Waals surface area contributed by atoms with E-state index in [-0.39, 0.29) is 17.5 Å². The summed E-state index contributed by atoms with van der Waals surface area (Å²) in [7, 11) is 0. The number of amidine groups is 1. The number of phenolic OH excluding ortho intramolecular Hbond substituents is 1. The number of rotatable bonds is 6. The molecule has 168 valence electrons. The number of aromatic hydroxyl groups is 1. The van der Waals surface area contributed by atoms with Gasteiger partial charge in [-0.25, -0.2) is 0 Å². The van der Waals surface area contributed by atoms with Crippen LogP contribution in [0.2, 0.25) is 0 Å². The molecule has 0 aliphatic carbocycles. The molecule has 0 spiro atoms. The van der Waals surface area contributed by atoms with Crippen LogP contribution >= 0.6 is 0 Å². The number of amides is 1. The third kappa shape index (κ3) is 3.97. The Hall–Kier alpha value is -4.58. The summed E-state index contributed by atoms with van der Waals surface area (Å²) in [5.74, 6) is -0.118. The summed E-state index contributed by atoms with van der Waals surface area (Å²) in [4.78, 5) is 13.4. The van der Waals surface area contributed by atoms with Crippen LogP contribution in [-0.4, -0.2) is 21.4 Å². The van der Waals surface area contributed by atoms with Crippen LogP contribution in [0.1, 0.15) is 27.2 Å². The van der Waals surface area contributed by atoms with Crippen molar-refractivity contribution in [2.75, 3.05) is 0 Å². The number of nitrogen functional groups attached to an aromatic ring is 1. The molecule has 0 aliphatic heterocycles. The highest BCUT2D eigenvalue weighted by atomic mass is 16.3. The number of hydrogen-bond donors (Lipinski definition) is 4. The van der Waals surface area contributed by atoms with E-state index in [4.69, 9.17) is 11.1 Å². The average molecular weight is 449 g/mol. The highest BCUT2D eigenvalue weighted by molar-refractivity contribution is 6.00. The fourth-order valence-electron chi connectivity index (χ4n) is 4.36. The lowest BCUT2D eigenvalue weighted by Gasteiger charge is -2.13. The maximum absolute atomic E-state index is 13.4. The van der Waals surface area contributed by atoms with Gasteiger partial charge in [-0.2, -0.15) is 0 Å². The first-order valence-corrected chi connectivity index (χ1v) is 11.0. The molecule has 0 saturated heterocycles. The Bertz CT molecular complexity index is 1550. The topological polar surface area (TPSA) is 104 Å². The molecule has 5 rings (SSSR count). The number of carbonyl (C=O) groups is 1. The molecule has 4 aromatic carbocycles. The van der Waals surface area contributed by atoms with E-state index in [0.29, 0.717) is 29.7 Å². The Morgan fingerprint density at radius 2 is 1.68 bits per heavy atom. The monoisotopic (exact) mass is 448 g/mol. The molecule has 5 N–H and O–H groups in total. The van der Waals surface area contributed by atoms with Crippen LogP contribution in [0.25, 0.3) is 21.7 Å². The zero-order valence-corrected chi connectivity index (χ0v) is 18.5. The van der Waals surface area contributed by atoms with Gasteiger partial charge in [-0.1, -0.05) is 66.7 Å². The molecule has 0 atom stereocenters. The highest BCUT2D eigenvalue weighted by Crippen LogP contribution is 2.29. The van der Waals surface area contributed by atoms with Crippen molar-refractivity contribution in [3.63, 3.8) is 0 Å². The van der Waals surface area contributed by atoms with Crippen molar-refractivity contribution in [3.8, 4) is 5.75 Å². The Balaban J connectivity index is 1.50. The van der Waals surface area contributed by atoms with Crippen molar-refractivity contribution in [3.05, 3.63) is 113 Å². The molecular formula is C28H24N4O2. The number of fused-ring (bicyclic) bond motifs is 2. The molecule has 1 aromatic heterocycles. The second-order valence-electron chi connectivity index (χ2n) is 8.26. The minimum Gasteiger partial charge on any atom is -0.507 e. The summed E-state index contributed by atoms with van der Waals surface area (Å²) in [5, 5.41) is 24.0. The number of hydrogen-bond acceptors (Lipinski definition) is 3. The normalized spacial score (nSPS) is 11.1. The first-order chi connectivity index (χ1) is 16.5. The van der Waals surface area contributed by atoms with Crippen LogP contribution in [0, 0.1) is 5.41 Å². The molecule has 1 amide bonds. The Morgan fingerprint density at radius 3 is 2.53 bits per heavy atom. The van der Waals surface area contributed by atoms with Crippen molar-refractivity contribution >= 4 is 33.4 Å². The first kappa shape index (κ1) is 21.3. The molecular weight excluding hydrogens is 424 g/mol. The van der Waals surface area contributed by atoms with Gasteiger partial charge in [-0.05, 0) is 46.2 Å². The van der Waals surface area contributed by atoms with E-state index in [1.165, 1.54) is 0 Å². The molecule has 0 fully saturated rings. The number of nitrogens with two attached hydrogens (primary N) is 1. The molecule has 0 bridgehead atoms. The van der Waals surface area contributed by atoms with Crippen molar-refractivity contribution in [1.29, 1.82) is 5.41 Å². The number of carbonyl (C=O) groups excluding carboxylic acids is 1. The summed E-state index contributed by atoms with van der Waals surface area (Å²) in [6.45, 7) is 0.776. The predicted molar refractivity (Wildman–Crippen MR) is 135 cm³/mol. The molecule has 5 aromatic rings. The van der Waals surface area contributed by atoms with Gasteiger partial charge in [0.2, 0.25) is 0 Å². The Labute approximate surface area is 196 Å². The van der Waals surface area contributed by atoms with Gasteiger partial charge >= 0.3 is 0 Å². The maximum Gasteiger partial charge on any atom is 0.268 e. The molecule has 0 saturated carbocycles. The largest absolute Gasteiger partial charge is 0.507 e. The van der Waals surface area contributed by atoms with Crippen molar-refractivity contribution in [1.82, 2.24) is 9.88 Å². The zero-order chi connectivity index (χ0) is 23.7. The van der Waals surface area contributed by atoms with E-state index >= 15 is 0 Å². The third-order valence-electron chi connectivity index (χ3n) is 6.05. The number of nitrogens with zero attached hydrogens (tertiary/aromatic N) is 1. The minimum atomic E-state index is -0.230. The van der Waals surface area contributed by atoms with Crippen LogP contribution < -0.4 is 11.1 Å². The smallest absolute Gasteiger partial charge is 0.268 e. The summed E-state index contributed by atoms with van der Waals surface area (Å²) in [6.07, 6.45) is 0. The quantitative estimate of drug-likeness (QED) is 0.222. The second-order valence-corrected chi connectivity index (χ2v) is 8.26. The number of benzene rings is 4. The molecule has 6 nitrogen and oxygen atoms in total. The summed E-state index contributed by atoms with van der Waals surface area (Å²) in [5.41, 5.74) is 9.42. The second kappa shape index (κ2) is 8.75. The van der Waals surface area contributed by atoms with E-state index in [1.807, 2.05) is 59.2 Å². The van der Waals surface area contributed by atoms with Gasteiger partial charge in [-0.15, -0.1) is 0 Å². The predicted octanol–water partition coefficient (Wildman–Crippen LogP) is 4.76. The molecule has 34 heavy (non-hydrogen) atoms. The van der Waals surface area contributed by atoms with E-state index < -0.39 is 0 Å². The van der Waals surface area contributed by atoms with Crippen LogP contribution in [0.4, 0.5) is 0 Å². The SMILES string of the molecule is N=C(N)c1cccc(Cn2c(C(=O)NCc3cccc4ccccc34)cc3c(O)cccc32)c1. The fraction of sp³-hybridized carbons (Fsp3) is 0.0714. The summed E-state index contributed by atoms with van der Waals surface area (Å²) in [6, 6.07) is 28.5. The minimum absolute atomic E-state index is 0.00934. The van der Waals surface area contributed by atoms with Gasteiger partial charge in [0.25, 0.3) is 5.91 Å². The van der Waals surface area contributed by atoms with Crippen LogP contribution in [-0.2, 0) is 13.1 Å². The number of aromatic nitrogens is 1. The van der Waals surface area contributed by atoms with Gasteiger partial charge in [0.05, 0.1) is 5.52 Å². The van der Waals surface area contributed by atoms with Crippen molar-refractivity contribution in [2.24, 2.45) is 5.73 Å². The summed E-state index contributed by atoms with van der Waals surface area (Å²) >= 11 is 0. The Morgan fingerprint density at radius 1 is 0.912 bits per heavy atom. The van der Waals surface area contributed by atoms with Crippen molar-refractivity contribution in [2.45, 2.75) is 13.1 Å². The Kier molecular flexibility index (Phi) is 5.47. The standard InChI is InChI=1S/C28H24N4O2/c29-27(30)20-9-3-6-18(14-20)17-32-24-12-5-13-26(33)23(24)15-25(32)28(34)31-16-21-10-4-8-19-7-1-2-11-22(19)21/h1-15,33H,16-17H2,(H3,29,30)(H,31,34). The summed E-state index contributed by atoms with van der Waals surface area (Å²) < 4.78 is 1.88. The van der Waals surface area contributed by atoms with Gasteiger partial charge in [0.15, 0.2) is 0 Å². The number of phenols is 1. The van der Waals surface area contributed by atoms with Gasteiger partial charge in [0.1, 0.15) is 17.3 Å². The van der Waals surface area contributed by atoms with E-state index in [1.54, 1.807) is 24.3 Å². The third-order valence-corrected chi connectivity index (χ3v) is 6.05. The molecule has 6 heteroatoms. The molecule has 1 heterocycles. The average Bonchev–Trinajstić information content (AvgIpc) is 3.22. The molecule has 0 aliphatic rings. The number of nitrogens with one attached hydrogen (secondary N) is 2. The van der Waals surface area contributed by atoms with Crippen LogP contribution in [0.5, 0.6) is 5.75 Å². The highest BCUT2D eigenvalue weighted by Gasteiger charge is 2.18. The lowest BCUT2D eigenvalue weighted by Crippen LogP contribution is -2.25. The fourth-order valence-corrected chi connectivity index (χ4v) is 4.36. The van der Waals surface area contributed by atoms with E-state index in [2.05, 4.69) is 17.4 Å². The molecule has 0 unspecified atom stereocenters. The van der Waals surface area contributed by atoms with Crippen LogP contribution in [0.3, 0.4) is 0 Å². The maximum atomic E-state index is 13.4. The lowest BCUT2D eigenvalue weighted by atomic mass is 10.0. The van der Waals surface area contributed by atoms with E-state index in [9.17, 15) is 9.90 Å². The van der Waals surface area contributed by atoms with Crippen molar-refractivity contribution < 1.29 is 9.90 Å². The van der Waals surface area contributed by atoms with Crippen LogP contribution in [0.15, 0.2) is 91.0 Å².